The van der Waals surface area contributed by atoms with E-state index in [1.165, 1.54) is 6.21 Å². The zero-order valence-electron chi connectivity index (χ0n) is 14.6. The molecule has 0 aliphatic heterocycles. The Morgan fingerprint density at radius 3 is 2.86 bits per heavy atom. The fourth-order valence-corrected chi connectivity index (χ4v) is 3.03. The summed E-state index contributed by atoms with van der Waals surface area (Å²) < 4.78 is 0. The highest BCUT2D eigenvalue weighted by molar-refractivity contribution is 6.36. The number of phenolic OH excluding ortho intramolecular Hbond substituents is 1. The Labute approximate surface area is 171 Å². The highest BCUT2D eigenvalue weighted by Crippen LogP contribution is 2.29. The molecule has 8 heteroatoms. The summed E-state index contributed by atoms with van der Waals surface area (Å²) >= 11 is 12.1. The minimum absolute atomic E-state index is 0.0987. The minimum Gasteiger partial charge on any atom is -0.507 e. The number of carbonyl (C=O) groups excluding carboxylic acids is 1. The van der Waals surface area contributed by atoms with Crippen molar-refractivity contribution in [1.29, 1.82) is 0 Å². The quantitative estimate of drug-likeness (QED) is 0.313. The number of amides is 1. The lowest BCUT2D eigenvalue weighted by Crippen LogP contribution is -2.18. The van der Waals surface area contributed by atoms with Crippen LogP contribution in [0, 0.1) is 0 Å². The molecule has 1 amide bonds. The summed E-state index contributed by atoms with van der Waals surface area (Å²) in [6.45, 7) is 3.65. The number of aromatic hydroxyl groups is 1. The number of para-hydroxylation sites is 1. The van der Waals surface area contributed by atoms with E-state index in [1.54, 1.807) is 48.5 Å². The third kappa shape index (κ3) is 4.42. The molecular formula is C20H16Cl2N4O2. The van der Waals surface area contributed by atoms with Crippen molar-refractivity contribution in [1.82, 2.24) is 15.6 Å². The van der Waals surface area contributed by atoms with Gasteiger partial charge in [0.1, 0.15) is 11.4 Å². The lowest BCUT2D eigenvalue weighted by molar-refractivity contribution is 0.0950. The van der Waals surface area contributed by atoms with Crippen LogP contribution in [0.1, 0.15) is 21.6 Å². The van der Waals surface area contributed by atoms with Gasteiger partial charge in [0.2, 0.25) is 0 Å². The molecule has 1 aromatic heterocycles. The molecule has 0 bridgehead atoms. The molecule has 2 aromatic carbocycles. The highest BCUT2D eigenvalue weighted by Gasteiger charge is 2.13. The van der Waals surface area contributed by atoms with E-state index in [-0.39, 0.29) is 11.4 Å². The smallest absolute Gasteiger partial charge is 0.289 e. The number of rotatable bonds is 6. The number of nitrogens with one attached hydrogen (secondary N) is 2. The number of hydrogen-bond donors (Lipinski definition) is 3. The van der Waals surface area contributed by atoms with Crippen molar-refractivity contribution in [3.63, 3.8) is 0 Å². The van der Waals surface area contributed by atoms with Crippen molar-refractivity contribution in [3.8, 4) is 17.0 Å². The molecule has 0 aliphatic carbocycles. The topological polar surface area (TPSA) is 90.4 Å². The molecule has 0 unspecified atom stereocenters. The van der Waals surface area contributed by atoms with Crippen LogP contribution in [0.15, 0.2) is 60.2 Å². The van der Waals surface area contributed by atoms with Crippen LogP contribution in [0.3, 0.4) is 0 Å². The van der Waals surface area contributed by atoms with Gasteiger partial charge in [0.15, 0.2) is 0 Å². The molecular weight excluding hydrogens is 399 g/mol. The monoisotopic (exact) mass is 414 g/mol. The van der Waals surface area contributed by atoms with Gasteiger partial charge in [-0.3, -0.25) is 9.89 Å². The molecule has 0 fully saturated rings. The lowest BCUT2D eigenvalue weighted by Gasteiger charge is -2.04. The van der Waals surface area contributed by atoms with Gasteiger partial charge in [0, 0.05) is 16.1 Å². The third-order valence-electron chi connectivity index (χ3n) is 3.91. The van der Waals surface area contributed by atoms with Crippen LogP contribution in [0.25, 0.3) is 11.3 Å². The summed E-state index contributed by atoms with van der Waals surface area (Å²) in [5, 5.41) is 21.8. The van der Waals surface area contributed by atoms with Crippen LogP contribution < -0.4 is 5.43 Å². The lowest BCUT2D eigenvalue weighted by atomic mass is 10.1. The molecule has 0 saturated heterocycles. The molecule has 3 rings (SSSR count). The maximum atomic E-state index is 12.2. The van der Waals surface area contributed by atoms with Crippen LogP contribution in [0.5, 0.6) is 5.75 Å². The number of nitrogens with zero attached hydrogens (tertiary/aromatic N) is 2. The van der Waals surface area contributed by atoms with E-state index in [4.69, 9.17) is 23.2 Å². The normalized spacial score (nSPS) is 10.9. The van der Waals surface area contributed by atoms with Gasteiger partial charge < -0.3 is 5.11 Å². The Morgan fingerprint density at radius 2 is 2.11 bits per heavy atom. The average Bonchev–Trinajstić information content (AvgIpc) is 3.14. The van der Waals surface area contributed by atoms with Crippen molar-refractivity contribution in [2.24, 2.45) is 5.10 Å². The van der Waals surface area contributed by atoms with Gasteiger partial charge in [-0.05, 0) is 42.3 Å². The summed E-state index contributed by atoms with van der Waals surface area (Å²) in [6, 6.07) is 11.8. The highest BCUT2D eigenvalue weighted by atomic mass is 35.5. The van der Waals surface area contributed by atoms with Crippen LogP contribution in [-0.2, 0) is 6.42 Å². The van der Waals surface area contributed by atoms with Gasteiger partial charge in [0.25, 0.3) is 5.91 Å². The number of carbonyl (C=O) groups is 1. The van der Waals surface area contributed by atoms with Gasteiger partial charge in [-0.15, -0.1) is 6.58 Å². The van der Waals surface area contributed by atoms with E-state index in [9.17, 15) is 9.90 Å². The van der Waals surface area contributed by atoms with Gasteiger partial charge in [-0.25, -0.2) is 5.43 Å². The number of allylic oxidation sites excluding steroid dienone is 1. The van der Waals surface area contributed by atoms with E-state index in [0.717, 1.165) is 5.56 Å². The van der Waals surface area contributed by atoms with Crippen LogP contribution in [0.4, 0.5) is 0 Å². The summed E-state index contributed by atoms with van der Waals surface area (Å²) in [5.41, 5.74) is 4.96. The fourth-order valence-electron chi connectivity index (χ4n) is 2.53. The molecule has 0 aliphatic rings. The van der Waals surface area contributed by atoms with Crippen LogP contribution in [0.2, 0.25) is 10.0 Å². The van der Waals surface area contributed by atoms with E-state index in [0.29, 0.717) is 33.3 Å². The van der Waals surface area contributed by atoms with Crippen molar-refractivity contribution in [2.45, 2.75) is 6.42 Å². The average molecular weight is 415 g/mol. The molecule has 28 heavy (non-hydrogen) atoms. The molecule has 3 N–H and O–H groups in total. The second-order valence-corrected chi connectivity index (χ2v) is 6.68. The standard InChI is InChI=1S/C20H16Cl2N4O2/c1-2-4-12-5-3-6-13(19(12)27)11-23-26-20(28)18-10-17(24-25-18)15-8-7-14(21)9-16(15)22/h2-3,5-11,27H,1,4H2,(H,24,25)(H,26,28). The predicted molar refractivity (Wildman–Crippen MR) is 111 cm³/mol. The molecule has 3 aromatic rings. The molecule has 142 valence electrons. The molecule has 0 spiro atoms. The fraction of sp³-hybridized carbons (Fsp3) is 0.0500. The predicted octanol–water partition coefficient (Wildman–Crippen LogP) is 4.58. The van der Waals surface area contributed by atoms with Crippen molar-refractivity contribution in [3.05, 3.63) is 82.0 Å². The SMILES string of the molecule is C=CCc1cccc(C=NNC(=O)c2cc(-c3ccc(Cl)cc3Cl)n[nH]2)c1O. The first-order valence-electron chi connectivity index (χ1n) is 8.25. The Hall–Kier alpha value is -3.09. The molecule has 0 atom stereocenters. The number of hydrazone groups is 1. The van der Waals surface area contributed by atoms with Gasteiger partial charge in [-0.2, -0.15) is 10.2 Å². The molecule has 0 saturated carbocycles. The zero-order chi connectivity index (χ0) is 20.1. The molecule has 0 radical (unpaired) electrons. The maximum absolute atomic E-state index is 12.2. The second kappa shape index (κ2) is 8.73. The number of benzene rings is 2. The Balaban J connectivity index is 1.71. The second-order valence-electron chi connectivity index (χ2n) is 5.84. The molecule has 6 nitrogen and oxygen atoms in total. The van der Waals surface area contributed by atoms with Crippen molar-refractivity contribution in [2.75, 3.05) is 0 Å². The first kappa shape index (κ1) is 19.7. The Bertz CT molecular complexity index is 1060. The first-order chi connectivity index (χ1) is 13.5. The number of aromatic nitrogens is 2. The number of H-pyrrole nitrogens is 1. The molecule has 1 heterocycles. The third-order valence-corrected chi connectivity index (χ3v) is 4.46. The van der Waals surface area contributed by atoms with E-state index < -0.39 is 5.91 Å². The zero-order valence-corrected chi connectivity index (χ0v) is 16.1. The van der Waals surface area contributed by atoms with E-state index >= 15 is 0 Å². The van der Waals surface area contributed by atoms with Gasteiger partial charge >= 0.3 is 0 Å². The summed E-state index contributed by atoms with van der Waals surface area (Å²) in [6.07, 6.45) is 3.59. The maximum Gasteiger partial charge on any atom is 0.289 e. The van der Waals surface area contributed by atoms with Crippen molar-refractivity contribution < 1.29 is 9.90 Å². The minimum atomic E-state index is -0.484. The van der Waals surface area contributed by atoms with Gasteiger partial charge in [-0.1, -0.05) is 41.4 Å². The number of aromatic amines is 1. The van der Waals surface area contributed by atoms with Gasteiger partial charge in [0.05, 0.1) is 16.9 Å². The van der Waals surface area contributed by atoms with E-state index in [2.05, 4.69) is 27.3 Å². The number of phenols is 1. The summed E-state index contributed by atoms with van der Waals surface area (Å²) in [4.78, 5) is 12.2. The van der Waals surface area contributed by atoms with Crippen LogP contribution >= 0.6 is 23.2 Å². The first-order valence-corrected chi connectivity index (χ1v) is 9.01. The van der Waals surface area contributed by atoms with Crippen LogP contribution in [-0.4, -0.2) is 27.4 Å². The summed E-state index contributed by atoms with van der Waals surface area (Å²) in [7, 11) is 0. The Kier molecular flexibility index (Phi) is 6.13. The van der Waals surface area contributed by atoms with E-state index in [1.807, 2.05) is 0 Å². The Morgan fingerprint density at radius 1 is 1.29 bits per heavy atom. The summed E-state index contributed by atoms with van der Waals surface area (Å²) in [5.74, 6) is -0.386. The largest absolute Gasteiger partial charge is 0.507 e. The number of halogens is 2. The van der Waals surface area contributed by atoms with Crippen molar-refractivity contribution >= 4 is 35.3 Å². The number of hydrogen-bond acceptors (Lipinski definition) is 4.